The van der Waals surface area contributed by atoms with Crippen LogP contribution in [0.25, 0.3) is 0 Å². The van der Waals surface area contributed by atoms with Gasteiger partial charge in [0.05, 0.1) is 6.04 Å². The van der Waals surface area contributed by atoms with Gasteiger partial charge >= 0.3 is 11.9 Å². The van der Waals surface area contributed by atoms with E-state index in [1.165, 1.54) is 204 Å². The van der Waals surface area contributed by atoms with Crippen LogP contribution in [0.5, 0.6) is 0 Å². The van der Waals surface area contributed by atoms with Crippen molar-refractivity contribution in [3.8, 4) is 0 Å². The second-order valence-electron chi connectivity index (χ2n) is 20.0. The van der Waals surface area contributed by atoms with Crippen LogP contribution in [0.3, 0.4) is 0 Å². The molecule has 65 heavy (non-hydrogen) atoms. The van der Waals surface area contributed by atoms with Gasteiger partial charge < -0.3 is 14.8 Å². The van der Waals surface area contributed by atoms with Gasteiger partial charge in [0.1, 0.15) is 12.7 Å². The van der Waals surface area contributed by atoms with E-state index in [1.54, 1.807) is 0 Å². The fourth-order valence-corrected chi connectivity index (χ4v) is 9.72. The minimum absolute atomic E-state index is 0.0106. The fourth-order valence-electron chi connectivity index (χ4n) is 8.68. The minimum atomic E-state index is -0.602. The Morgan fingerprint density at radius 2 is 0.708 bits per heavy atom. The summed E-state index contributed by atoms with van der Waals surface area (Å²) < 4.78 is 11.6. The van der Waals surface area contributed by atoms with Crippen LogP contribution in [0, 0.1) is 5.92 Å². The van der Waals surface area contributed by atoms with E-state index in [-0.39, 0.29) is 36.2 Å². The summed E-state index contributed by atoms with van der Waals surface area (Å²) in [6.07, 6.45) is 49.4. The maximum absolute atomic E-state index is 13.2. The third-order valence-corrected chi connectivity index (χ3v) is 14.2. The Bertz CT molecular complexity index is 1070. The number of Topliss-reactive ketones (excluding diaryl/α,β-unsaturated/α-hetero) is 1. The molecule has 1 amide bonds. The molecule has 0 aliphatic carbocycles. The molecular formula is C57H109NO6S. The van der Waals surface area contributed by atoms with E-state index < -0.39 is 12.1 Å². The zero-order valence-corrected chi connectivity index (χ0v) is 44.7. The second kappa shape index (κ2) is 50.3. The first-order valence-corrected chi connectivity index (χ1v) is 29.7. The summed E-state index contributed by atoms with van der Waals surface area (Å²) in [5, 5.41) is 3.03. The van der Waals surface area contributed by atoms with Crippen molar-refractivity contribution >= 4 is 35.4 Å². The maximum Gasteiger partial charge on any atom is 0.306 e. The molecule has 0 bridgehead atoms. The number of amides is 1. The first-order valence-electron chi connectivity index (χ1n) is 28.5. The number of rotatable bonds is 52. The molecule has 0 saturated heterocycles. The minimum Gasteiger partial charge on any atom is -0.462 e. The highest BCUT2D eigenvalue weighted by Gasteiger charge is 2.25. The second-order valence-corrected chi connectivity index (χ2v) is 21.1. The van der Waals surface area contributed by atoms with Crippen LogP contribution in [0.1, 0.15) is 304 Å². The lowest BCUT2D eigenvalue weighted by Crippen LogP contribution is -2.44. The molecule has 0 aliphatic heterocycles. The summed E-state index contributed by atoms with van der Waals surface area (Å²) in [5.41, 5.74) is 0. The Labute approximate surface area is 408 Å². The summed E-state index contributed by atoms with van der Waals surface area (Å²) >= 11 is 1.48. The van der Waals surface area contributed by atoms with Gasteiger partial charge in [-0.25, -0.2) is 0 Å². The van der Waals surface area contributed by atoms with Crippen molar-refractivity contribution in [2.24, 2.45) is 5.92 Å². The SMILES string of the molecule is CCCCCCCCCCCCCCCC(=O)NC(CSCC(COC(=O)CCCCCCCCCCCCCCC)OC(=O)CCCCCCCCCCCCCCC)C(=O)C(C)C. The van der Waals surface area contributed by atoms with Crippen molar-refractivity contribution in [3.63, 3.8) is 0 Å². The summed E-state index contributed by atoms with van der Waals surface area (Å²) in [4.78, 5) is 52.0. The Hall–Kier alpha value is -1.57. The monoisotopic (exact) mass is 936 g/mol. The summed E-state index contributed by atoms with van der Waals surface area (Å²) in [5.74, 6) is 0.00829. The van der Waals surface area contributed by atoms with E-state index in [9.17, 15) is 19.2 Å². The number of carbonyl (C=O) groups excluding carboxylic acids is 4. The molecule has 384 valence electrons. The summed E-state index contributed by atoms with van der Waals surface area (Å²) in [7, 11) is 0. The first-order chi connectivity index (χ1) is 31.7. The molecule has 7 nitrogen and oxygen atoms in total. The van der Waals surface area contributed by atoms with Gasteiger partial charge in [-0.3, -0.25) is 19.2 Å². The van der Waals surface area contributed by atoms with Crippen molar-refractivity contribution in [1.82, 2.24) is 5.32 Å². The molecular weight excluding hydrogens is 827 g/mol. The highest BCUT2D eigenvalue weighted by atomic mass is 32.2. The van der Waals surface area contributed by atoms with E-state index in [0.717, 1.165) is 57.8 Å². The molecule has 2 unspecified atom stereocenters. The van der Waals surface area contributed by atoms with E-state index in [4.69, 9.17) is 9.47 Å². The van der Waals surface area contributed by atoms with Crippen LogP contribution in [0.4, 0.5) is 0 Å². The zero-order valence-electron chi connectivity index (χ0n) is 43.9. The number of hydrogen-bond acceptors (Lipinski definition) is 7. The molecule has 0 rings (SSSR count). The van der Waals surface area contributed by atoms with Crippen LogP contribution >= 0.6 is 11.8 Å². The van der Waals surface area contributed by atoms with Gasteiger partial charge in [0, 0.05) is 36.7 Å². The quantitative estimate of drug-likeness (QED) is 0.0479. The number of ether oxygens (including phenoxy) is 2. The van der Waals surface area contributed by atoms with Crippen molar-refractivity contribution < 1.29 is 28.7 Å². The summed E-state index contributed by atoms with van der Waals surface area (Å²) in [6, 6.07) is -0.602. The predicted octanol–water partition coefficient (Wildman–Crippen LogP) is 17.3. The van der Waals surface area contributed by atoms with Gasteiger partial charge in [-0.2, -0.15) is 11.8 Å². The standard InChI is InChI=1S/C57H109NO6S/c1-6-9-12-15-18-21-24-27-30-33-36-39-42-45-54(59)58-53(57(62)51(4)5)50-65-49-52(64-56(61)47-44-41-38-35-32-29-26-23-20-17-14-11-8-3)48-63-55(60)46-43-40-37-34-31-28-25-22-19-16-13-10-7-2/h51-53H,6-50H2,1-5H3,(H,58,59). The van der Waals surface area contributed by atoms with E-state index in [0.29, 0.717) is 30.8 Å². The van der Waals surface area contributed by atoms with E-state index in [1.807, 2.05) is 13.8 Å². The highest BCUT2D eigenvalue weighted by molar-refractivity contribution is 7.99. The Kier molecular flexibility index (Phi) is 49.1. The van der Waals surface area contributed by atoms with E-state index in [2.05, 4.69) is 26.1 Å². The van der Waals surface area contributed by atoms with Gasteiger partial charge in [0.25, 0.3) is 0 Å². The third kappa shape index (κ3) is 46.0. The van der Waals surface area contributed by atoms with Crippen molar-refractivity contribution in [2.75, 3.05) is 18.1 Å². The lowest BCUT2D eigenvalue weighted by atomic mass is 10.0. The van der Waals surface area contributed by atoms with Gasteiger partial charge in [-0.05, 0) is 19.3 Å². The van der Waals surface area contributed by atoms with Crippen LogP contribution < -0.4 is 5.32 Å². The van der Waals surface area contributed by atoms with Crippen LogP contribution in [-0.2, 0) is 28.7 Å². The molecule has 2 atom stereocenters. The molecule has 0 aromatic carbocycles. The number of unbranched alkanes of at least 4 members (excludes halogenated alkanes) is 36. The number of nitrogens with one attached hydrogen (secondary N) is 1. The molecule has 0 radical (unpaired) electrons. The third-order valence-electron chi connectivity index (χ3n) is 13.0. The Morgan fingerprint density at radius 1 is 0.400 bits per heavy atom. The number of esters is 2. The number of hydrogen-bond donors (Lipinski definition) is 1. The molecule has 0 aromatic rings. The van der Waals surface area contributed by atoms with Gasteiger partial charge in [-0.15, -0.1) is 0 Å². The van der Waals surface area contributed by atoms with Crippen molar-refractivity contribution in [2.45, 2.75) is 316 Å². The zero-order chi connectivity index (χ0) is 47.7. The molecule has 0 spiro atoms. The van der Waals surface area contributed by atoms with E-state index >= 15 is 0 Å². The Morgan fingerprint density at radius 3 is 1.05 bits per heavy atom. The van der Waals surface area contributed by atoms with Crippen LogP contribution in [0.15, 0.2) is 0 Å². The molecule has 0 fully saturated rings. The normalized spacial score (nSPS) is 12.4. The molecule has 8 heteroatoms. The average Bonchev–Trinajstić information content (AvgIpc) is 3.29. The number of thioether (sulfide) groups is 1. The van der Waals surface area contributed by atoms with Crippen molar-refractivity contribution in [3.05, 3.63) is 0 Å². The van der Waals surface area contributed by atoms with Crippen molar-refractivity contribution in [1.29, 1.82) is 0 Å². The first kappa shape index (κ1) is 63.4. The van der Waals surface area contributed by atoms with Gasteiger partial charge in [0.15, 0.2) is 5.78 Å². The summed E-state index contributed by atoms with van der Waals surface area (Å²) in [6.45, 7) is 10.6. The average molecular weight is 937 g/mol. The number of carbonyl (C=O) groups is 4. The molecule has 1 N–H and O–H groups in total. The highest BCUT2D eigenvalue weighted by Crippen LogP contribution is 2.18. The lowest BCUT2D eigenvalue weighted by Gasteiger charge is -2.22. The van der Waals surface area contributed by atoms with Gasteiger partial charge in [0.2, 0.25) is 5.91 Å². The van der Waals surface area contributed by atoms with Crippen LogP contribution in [0.2, 0.25) is 0 Å². The topological polar surface area (TPSA) is 98.8 Å². The fraction of sp³-hybridized carbons (Fsp3) is 0.930. The molecule has 0 heterocycles. The number of ketones is 1. The molecule has 0 saturated carbocycles. The van der Waals surface area contributed by atoms with Crippen LogP contribution in [-0.4, -0.2) is 53.9 Å². The largest absolute Gasteiger partial charge is 0.462 e. The Balaban J connectivity index is 4.77. The molecule has 0 aromatic heterocycles. The smallest absolute Gasteiger partial charge is 0.306 e. The molecule has 0 aliphatic rings. The predicted molar refractivity (Wildman–Crippen MR) is 281 cm³/mol. The lowest BCUT2D eigenvalue weighted by molar-refractivity contribution is -0.157. The maximum atomic E-state index is 13.2. The van der Waals surface area contributed by atoms with Gasteiger partial charge in [-0.1, -0.05) is 266 Å².